The molecule has 98 valence electrons. The van der Waals surface area contributed by atoms with Crippen molar-refractivity contribution in [2.75, 3.05) is 33.2 Å². The van der Waals surface area contributed by atoms with Gasteiger partial charge in [-0.2, -0.15) is 0 Å². The monoisotopic (exact) mass is 237 g/mol. The minimum Gasteiger partial charge on any atom is -0.317 e. The lowest BCUT2D eigenvalue weighted by Crippen LogP contribution is -2.52. The highest BCUT2D eigenvalue weighted by molar-refractivity contribution is 4.90. The van der Waals surface area contributed by atoms with Gasteiger partial charge in [0.05, 0.1) is 0 Å². The number of rotatable bonds is 3. The summed E-state index contributed by atoms with van der Waals surface area (Å²) in [7, 11) is 2.11. The van der Waals surface area contributed by atoms with Crippen molar-refractivity contribution in [3.05, 3.63) is 0 Å². The fraction of sp³-hybridized carbons (Fsp3) is 1.00. The van der Waals surface area contributed by atoms with Gasteiger partial charge in [0.1, 0.15) is 0 Å². The highest BCUT2D eigenvalue weighted by atomic mass is 15.3. The van der Waals surface area contributed by atoms with Crippen LogP contribution in [-0.2, 0) is 0 Å². The number of hydrogen-bond donors (Lipinski definition) is 1. The molecule has 0 aromatic carbocycles. The van der Waals surface area contributed by atoms with Gasteiger partial charge in [0, 0.05) is 44.3 Å². The second-order valence-corrected chi connectivity index (χ2v) is 6.10. The molecule has 3 heteroatoms. The molecular weight excluding hydrogens is 210 g/mol. The van der Waals surface area contributed by atoms with Crippen LogP contribution < -0.4 is 5.32 Å². The van der Waals surface area contributed by atoms with Crippen molar-refractivity contribution in [3.8, 4) is 0 Å². The van der Waals surface area contributed by atoms with E-state index in [0.29, 0.717) is 0 Å². The van der Waals surface area contributed by atoms with Crippen LogP contribution in [0, 0.1) is 0 Å². The Morgan fingerprint density at radius 1 is 0.706 bits per heavy atom. The van der Waals surface area contributed by atoms with Gasteiger partial charge in [-0.05, 0) is 45.6 Å². The standard InChI is InChI=1S/C14H27N3/c1-15-12-2-4-13(5-3-12)16-8-10-17(11-9-16)14-6-7-14/h12-15H,2-11H2,1H3/t12-,13-. The minimum absolute atomic E-state index is 0.791. The van der Waals surface area contributed by atoms with E-state index >= 15 is 0 Å². The van der Waals surface area contributed by atoms with Crippen molar-refractivity contribution < 1.29 is 0 Å². The van der Waals surface area contributed by atoms with Crippen LogP contribution in [0.5, 0.6) is 0 Å². The zero-order valence-corrected chi connectivity index (χ0v) is 11.2. The lowest BCUT2D eigenvalue weighted by atomic mass is 9.90. The molecule has 2 aliphatic carbocycles. The fourth-order valence-electron chi connectivity index (χ4n) is 3.64. The first-order valence-electron chi connectivity index (χ1n) is 7.52. The molecule has 0 amide bonds. The third kappa shape index (κ3) is 2.83. The maximum atomic E-state index is 3.43. The first kappa shape index (κ1) is 11.9. The number of hydrogen-bond acceptors (Lipinski definition) is 3. The first-order chi connectivity index (χ1) is 8.36. The lowest BCUT2D eigenvalue weighted by Gasteiger charge is -2.42. The Bertz CT molecular complexity index is 236. The maximum Gasteiger partial charge on any atom is 0.0113 e. The van der Waals surface area contributed by atoms with Crippen molar-refractivity contribution in [2.45, 2.75) is 56.7 Å². The molecule has 1 N–H and O–H groups in total. The molecule has 3 rings (SSSR count). The molecule has 0 radical (unpaired) electrons. The van der Waals surface area contributed by atoms with Crippen molar-refractivity contribution in [1.29, 1.82) is 0 Å². The molecule has 0 bridgehead atoms. The van der Waals surface area contributed by atoms with Gasteiger partial charge in [-0.15, -0.1) is 0 Å². The summed E-state index contributed by atoms with van der Waals surface area (Å²) in [5.74, 6) is 0. The molecular formula is C14H27N3. The quantitative estimate of drug-likeness (QED) is 0.798. The molecule has 0 spiro atoms. The van der Waals surface area contributed by atoms with Crippen molar-refractivity contribution in [2.24, 2.45) is 0 Å². The molecule has 3 nitrogen and oxygen atoms in total. The Labute approximate surface area is 106 Å². The second kappa shape index (κ2) is 5.25. The first-order valence-corrected chi connectivity index (χ1v) is 7.52. The van der Waals surface area contributed by atoms with Crippen LogP contribution in [0.2, 0.25) is 0 Å². The average molecular weight is 237 g/mol. The van der Waals surface area contributed by atoms with E-state index < -0.39 is 0 Å². The third-order valence-corrected chi connectivity index (χ3v) is 5.03. The van der Waals surface area contributed by atoms with Crippen molar-refractivity contribution >= 4 is 0 Å². The Balaban J connectivity index is 1.43. The van der Waals surface area contributed by atoms with E-state index in [9.17, 15) is 0 Å². The summed E-state index contributed by atoms with van der Waals surface area (Å²) >= 11 is 0. The highest BCUT2D eigenvalue weighted by Gasteiger charge is 2.33. The summed E-state index contributed by atoms with van der Waals surface area (Å²) in [6, 6.07) is 2.65. The Hall–Kier alpha value is -0.120. The van der Waals surface area contributed by atoms with E-state index in [1.54, 1.807) is 0 Å². The van der Waals surface area contributed by atoms with Gasteiger partial charge in [0.25, 0.3) is 0 Å². The Morgan fingerprint density at radius 3 is 1.47 bits per heavy atom. The van der Waals surface area contributed by atoms with Gasteiger partial charge in [0.2, 0.25) is 0 Å². The zero-order chi connectivity index (χ0) is 11.7. The van der Waals surface area contributed by atoms with E-state index in [-0.39, 0.29) is 0 Å². The number of nitrogens with one attached hydrogen (secondary N) is 1. The van der Waals surface area contributed by atoms with Gasteiger partial charge in [-0.1, -0.05) is 0 Å². The van der Waals surface area contributed by atoms with Crippen LogP contribution in [0.1, 0.15) is 38.5 Å². The van der Waals surface area contributed by atoms with Gasteiger partial charge in [-0.3, -0.25) is 9.80 Å². The summed E-state index contributed by atoms with van der Waals surface area (Å²) in [4.78, 5) is 5.49. The van der Waals surface area contributed by atoms with Gasteiger partial charge >= 0.3 is 0 Å². The summed E-state index contributed by atoms with van der Waals surface area (Å²) in [6.45, 7) is 5.31. The molecule has 3 aliphatic rings. The van der Waals surface area contributed by atoms with Crippen LogP contribution in [0.15, 0.2) is 0 Å². The lowest BCUT2D eigenvalue weighted by molar-refractivity contribution is 0.0710. The normalized spacial score (nSPS) is 37.2. The third-order valence-electron chi connectivity index (χ3n) is 5.03. The van der Waals surface area contributed by atoms with E-state index in [1.165, 1.54) is 64.7 Å². The molecule has 1 heterocycles. The van der Waals surface area contributed by atoms with Gasteiger partial charge in [0.15, 0.2) is 0 Å². The minimum atomic E-state index is 0.791. The molecule has 17 heavy (non-hydrogen) atoms. The summed E-state index contributed by atoms with van der Waals surface area (Å²) in [5, 5.41) is 3.43. The highest BCUT2D eigenvalue weighted by Crippen LogP contribution is 2.29. The van der Waals surface area contributed by atoms with Crippen molar-refractivity contribution in [1.82, 2.24) is 15.1 Å². The number of nitrogens with zero attached hydrogens (tertiary/aromatic N) is 2. The van der Waals surface area contributed by atoms with Crippen molar-refractivity contribution in [3.63, 3.8) is 0 Å². The van der Waals surface area contributed by atoms with Gasteiger partial charge < -0.3 is 5.32 Å². The predicted octanol–water partition coefficient (Wildman–Crippen LogP) is 1.30. The molecule has 0 aromatic rings. The van der Waals surface area contributed by atoms with E-state index in [2.05, 4.69) is 22.2 Å². The second-order valence-electron chi connectivity index (χ2n) is 6.10. The topological polar surface area (TPSA) is 18.5 Å². The Kier molecular flexibility index (Phi) is 3.69. The van der Waals surface area contributed by atoms with Crippen LogP contribution in [0.25, 0.3) is 0 Å². The van der Waals surface area contributed by atoms with E-state index in [4.69, 9.17) is 0 Å². The summed E-state index contributed by atoms with van der Waals surface area (Å²) in [6.07, 6.45) is 8.51. The van der Waals surface area contributed by atoms with E-state index in [0.717, 1.165) is 18.1 Å². The molecule has 0 aromatic heterocycles. The molecule has 1 aliphatic heterocycles. The largest absolute Gasteiger partial charge is 0.317 e. The van der Waals surface area contributed by atoms with Crippen LogP contribution in [0.4, 0.5) is 0 Å². The zero-order valence-electron chi connectivity index (χ0n) is 11.2. The Morgan fingerprint density at radius 2 is 1.12 bits per heavy atom. The molecule has 3 fully saturated rings. The molecule has 0 unspecified atom stereocenters. The average Bonchev–Trinajstić information content (AvgIpc) is 3.24. The van der Waals surface area contributed by atoms with Crippen LogP contribution in [0.3, 0.4) is 0 Å². The SMILES string of the molecule is CN[C@H]1CC[C@H](N2CCN(C3CC3)CC2)CC1. The summed E-state index contributed by atoms with van der Waals surface area (Å²) < 4.78 is 0. The smallest absolute Gasteiger partial charge is 0.0113 e. The maximum absolute atomic E-state index is 3.43. The predicted molar refractivity (Wildman–Crippen MR) is 71.3 cm³/mol. The summed E-state index contributed by atoms with van der Waals surface area (Å²) in [5.41, 5.74) is 0. The molecule has 1 saturated heterocycles. The van der Waals surface area contributed by atoms with Gasteiger partial charge in [-0.25, -0.2) is 0 Å². The fourth-order valence-corrected chi connectivity index (χ4v) is 3.64. The number of piperazine rings is 1. The van der Waals surface area contributed by atoms with Crippen LogP contribution in [-0.4, -0.2) is 61.2 Å². The molecule has 0 atom stereocenters. The van der Waals surface area contributed by atoms with Crippen LogP contribution >= 0.6 is 0 Å². The van der Waals surface area contributed by atoms with E-state index in [1.807, 2.05) is 0 Å². The molecule has 2 saturated carbocycles.